The van der Waals surface area contributed by atoms with E-state index < -0.39 is 25.6 Å². The smallest absolute Gasteiger partial charge is 0.294 e. The summed E-state index contributed by atoms with van der Waals surface area (Å²) in [6, 6.07) is 5.51. The molecule has 1 N–H and O–H groups in total. The lowest BCUT2D eigenvalue weighted by Gasteiger charge is -2.02. The quantitative estimate of drug-likeness (QED) is 0.395. The Morgan fingerprint density at radius 3 is 2.45 bits per heavy atom. The fourth-order valence-electron chi connectivity index (χ4n) is 1.59. The number of hydrogen-bond acceptors (Lipinski definition) is 6. The van der Waals surface area contributed by atoms with E-state index in [1.807, 2.05) is 0 Å². The summed E-state index contributed by atoms with van der Waals surface area (Å²) in [5, 5.41) is 11.0. The van der Waals surface area contributed by atoms with Gasteiger partial charge in [0.1, 0.15) is 10.7 Å². The molecule has 20 heavy (non-hydrogen) atoms. The molecular weight excluding hydrogens is 290 g/mol. The van der Waals surface area contributed by atoms with Crippen molar-refractivity contribution >= 4 is 22.1 Å². The Labute approximate surface area is 112 Å². The SMILES string of the molecule is O=Cc1ccc(-c2ccc(S(=O)(=O)O)cc2[N+](=O)[O-])o1. The van der Waals surface area contributed by atoms with Crippen LogP contribution in [0.25, 0.3) is 11.3 Å². The summed E-state index contributed by atoms with van der Waals surface area (Å²) in [5.74, 6) is 0.0221. The predicted octanol–water partition coefficient (Wildman–Crippen LogP) is 1.91. The summed E-state index contributed by atoms with van der Waals surface area (Å²) in [6.07, 6.45) is 0.432. The highest BCUT2D eigenvalue weighted by Crippen LogP contribution is 2.32. The summed E-state index contributed by atoms with van der Waals surface area (Å²) in [4.78, 5) is 20.1. The van der Waals surface area contributed by atoms with Crippen LogP contribution in [0.15, 0.2) is 39.6 Å². The number of hydrogen-bond donors (Lipinski definition) is 1. The van der Waals surface area contributed by atoms with Gasteiger partial charge in [-0.05, 0) is 24.3 Å². The average Bonchev–Trinajstić information content (AvgIpc) is 2.85. The molecule has 9 heteroatoms. The Hall–Kier alpha value is -2.52. The molecule has 1 aromatic carbocycles. The van der Waals surface area contributed by atoms with Crippen LogP contribution >= 0.6 is 0 Å². The van der Waals surface area contributed by atoms with Gasteiger partial charge in [-0.3, -0.25) is 19.5 Å². The molecule has 0 aliphatic heterocycles. The lowest BCUT2D eigenvalue weighted by Crippen LogP contribution is -2.00. The van der Waals surface area contributed by atoms with Gasteiger partial charge in [-0.2, -0.15) is 8.42 Å². The van der Waals surface area contributed by atoms with Gasteiger partial charge in [0.15, 0.2) is 12.0 Å². The second-order valence-corrected chi connectivity index (χ2v) is 5.15. The number of rotatable bonds is 4. The highest BCUT2D eigenvalue weighted by atomic mass is 32.2. The van der Waals surface area contributed by atoms with E-state index in [2.05, 4.69) is 0 Å². The van der Waals surface area contributed by atoms with E-state index in [1.165, 1.54) is 12.1 Å². The Balaban J connectivity index is 2.64. The van der Waals surface area contributed by atoms with Crippen molar-refractivity contribution < 1.29 is 27.1 Å². The molecule has 2 rings (SSSR count). The van der Waals surface area contributed by atoms with E-state index in [-0.39, 0.29) is 17.1 Å². The number of aldehydes is 1. The van der Waals surface area contributed by atoms with E-state index in [9.17, 15) is 23.3 Å². The first kappa shape index (κ1) is 13.9. The second-order valence-electron chi connectivity index (χ2n) is 3.73. The van der Waals surface area contributed by atoms with Crippen molar-refractivity contribution in [2.75, 3.05) is 0 Å². The van der Waals surface area contributed by atoms with E-state index in [0.29, 0.717) is 12.4 Å². The largest absolute Gasteiger partial charge is 0.453 e. The maximum atomic E-state index is 11.0. The molecule has 0 unspecified atom stereocenters. The average molecular weight is 297 g/mol. The second kappa shape index (κ2) is 4.87. The van der Waals surface area contributed by atoms with E-state index in [0.717, 1.165) is 12.1 Å². The third-order valence-corrected chi connectivity index (χ3v) is 3.32. The normalized spacial score (nSPS) is 11.2. The van der Waals surface area contributed by atoms with Crippen LogP contribution in [0.5, 0.6) is 0 Å². The highest BCUT2D eigenvalue weighted by molar-refractivity contribution is 7.85. The maximum absolute atomic E-state index is 11.0. The Morgan fingerprint density at radius 1 is 1.25 bits per heavy atom. The monoisotopic (exact) mass is 297 g/mol. The molecule has 0 bridgehead atoms. The van der Waals surface area contributed by atoms with Crippen LogP contribution in [0, 0.1) is 10.1 Å². The van der Waals surface area contributed by atoms with Crippen LogP contribution in [0.1, 0.15) is 10.6 Å². The van der Waals surface area contributed by atoms with Crippen molar-refractivity contribution in [1.29, 1.82) is 0 Å². The molecule has 0 amide bonds. The van der Waals surface area contributed by atoms with Crippen molar-refractivity contribution in [2.24, 2.45) is 0 Å². The molecule has 1 aromatic heterocycles. The summed E-state index contributed by atoms with van der Waals surface area (Å²) in [7, 11) is -4.55. The van der Waals surface area contributed by atoms with Gasteiger partial charge in [0, 0.05) is 6.07 Å². The molecule has 1 heterocycles. The summed E-state index contributed by atoms with van der Waals surface area (Å²) >= 11 is 0. The number of carbonyl (C=O) groups excluding carboxylic acids is 1. The van der Waals surface area contributed by atoms with Crippen LogP contribution in [-0.4, -0.2) is 24.2 Å². The first-order chi connectivity index (χ1) is 9.32. The molecular formula is C11H7NO7S. The van der Waals surface area contributed by atoms with E-state index >= 15 is 0 Å². The fraction of sp³-hybridized carbons (Fsp3) is 0. The van der Waals surface area contributed by atoms with Gasteiger partial charge in [0.25, 0.3) is 15.8 Å². The van der Waals surface area contributed by atoms with Crippen molar-refractivity contribution in [3.8, 4) is 11.3 Å². The van der Waals surface area contributed by atoms with Crippen molar-refractivity contribution in [3.63, 3.8) is 0 Å². The topological polar surface area (TPSA) is 128 Å². The number of carbonyl (C=O) groups is 1. The minimum atomic E-state index is -4.55. The first-order valence-electron chi connectivity index (χ1n) is 5.14. The summed E-state index contributed by atoms with van der Waals surface area (Å²) in [6.45, 7) is 0. The third-order valence-electron chi connectivity index (χ3n) is 2.47. The van der Waals surface area contributed by atoms with Crippen molar-refractivity contribution in [1.82, 2.24) is 0 Å². The lowest BCUT2D eigenvalue weighted by atomic mass is 10.1. The van der Waals surface area contributed by atoms with Gasteiger partial charge in [0.05, 0.1) is 10.5 Å². The van der Waals surface area contributed by atoms with Crippen LogP contribution in [0.2, 0.25) is 0 Å². The number of nitro groups is 1. The van der Waals surface area contributed by atoms with Gasteiger partial charge in [-0.25, -0.2) is 0 Å². The molecule has 0 aliphatic rings. The summed E-state index contributed by atoms with van der Waals surface area (Å²) < 4.78 is 35.9. The molecule has 0 aliphatic carbocycles. The van der Waals surface area contributed by atoms with Gasteiger partial charge < -0.3 is 4.42 Å². The minimum Gasteiger partial charge on any atom is -0.453 e. The lowest BCUT2D eigenvalue weighted by molar-refractivity contribution is -0.384. The fourth-order valence-corrected chi connectivity index (χ4v) is 2.09. The number of furan rings is 1. The van der Waals surface area contributed by atoms with E-state index in [1.54, 1.807) is 0 Å². The van der Waals surface area contributed by atoms with Crippen LogP contribution in [-0.2, 0) is 10.1 Å². The van der Waals surface area contributed by atoms with Gasteiger partial charge >= 0.3 is 0 Å². The molecule has 0 radical (unpaired) electrons. The Kier molecular flexibility index (Phi) is 3.38. The maximum Gasteiger partial charge on any atom is 0.294 e. The van der Waals surface area contributed by atoms with E-state index in [4.69, 9.17) is 8.97 Å². The van der Waals surface area contributed by atoms with Crippen molar-refractivity contribution in [2.45, 2.75) is 4.90 Å². The molecule has 0 saturated carbocycles. The standard InChI is InChI=1S/C11H7NO7S/c13-6-7-1-4-11(19-7)9-3-2-8(20(16,17)18)5-10(9)12(14)15/h1-6H,(H,16,17,18). The molecule has 0 spiro atoms. The van der Waals surface area contributed by atoms with Crippen LogP contribution in [0.4, 0.5) is 5.69 Å². The molecule has 0 atom stereocenters. The highest BCUT2D eigenvalue weighted by Gasteiger charge is 2.22. The number of nitro benzene ring substituents is 1. The van der Waals surface area contributed by atoms with Crippen LogP contribution < -0.4 is 0 Å². The van der Waals surface area contributed by atoms with Gasteiger partial charge in [0.2, 0.25) is 0 Å². The van der Waals surface area contributed by atoms with Gasteiger partial charge in [-0.15, -0.1) is 0 Å². The molecule has 0 fully saturated rings. The molecule has 104 valence electrons. The molecule has 0 saturated heterocycles. The van der Waals surface area contributed by atoms with Crippen molar-refractivity contribution in [3.05, 3.63) is 46.2 Å². The number of benzene rings is 1. The zero-order valence-corrected chi connectivity index (χ0v) is 10.5. The zero-order chi connectivity index (χ0) is 14.9. The third kappa shape index (κ3) is 2.58. The van der Waals surface area contributed by atoms with Gasteiger partial charge in [-0.1, -0.05) is 0 Å². The Bertz CT molecular complexity index is 791. The Morgan fingerprint density at radius 2 is 1.95 bits per heavy atom. The summed E-state index contributed by atoms with van der Waals surface area (Å²) in [5.41, 5.74) is -0.567. The first-order valence-corrected chi connectivity index (χ1v) is 6.58. The van der Waals surface area contributed by atoms with Crippen LogP contribution in [0.3, 0.4) is 0 Å². The predicted molar refractivity (Wildman–Crippen MR) is 66.0 cm³/mol. The minimum absolute atomic E-state index is 0.00417. The zero-order valence-electron chi connectivity index (χ0n) is 9.72. The molecule has 8 nitrogen and oxygen atoms in total. The number of nitrogens with zero attached hydrogens (tertiary/aromatic N) is 1. The molecule has 2 aromatic rings.